The van der Waals surface area contributed by atoms with Gasteiger partial charge in [-0.1, -0.05) is 70.5 Å². The van der Waals surface area contributed by atoms with Crippen LogP contribution in [0.2, 0.25) is 0 Å². The first kappa shape index (κ1) is 156. The number of hydrogen-bond acceptors (Lipinski definition) is 10. The minimum Gasteiger partial charge on any atom is -0.249 e. The predicted octanol–water partition coefficient (Wildman–Crippen LogP) is 8.36. The van der Waals surface area contributed by atoms with Gasteiger partial charge in [-0.2, -0.15) is 12.6 Å². The SMILES string of the molecule is CC(C)(C)S.CC(C)(C)SSc1ccccn1.S=S=S=S=S=S=S=S=S=S=S=S=S=S=S=S=S=S=S=S=S=S=S=S=S=S=S=S=S=S=S=S=S=S=S=S=S=S=S=S=S=S=S=S=S=S=S=S=S=S=S=S=S=S=S=S=S=S=S=S=S=S=S=S=S=S=S=S=S=S=S=S=S=S=S=S=S=S=S=S=S=S=S=S=S=S=S=S=S=S=S=S=S=S=S=S=S=S=S=S=S=S=S.c1ccc(SSc2ccccn2)nc1. The van der Waals surface area contributed by atoms with Gasteiger partial charge < -0.3 is 0 Å². The Morgan fingerprint density at radius 1 is 0.164 bits per heavy atom. The Morgan fingerprint density at radius 2 is 0.261 bits per heavy atom. The van der Waals surface area contributed by atoms with E-state index in [9.17, 15) is 0 Å². The summed E-state index contributed by atoms with van der Waals surface area (Å²) < 4.78 is 0.488. The average molecular weight is 3810 g/mol. The maximum Gasteiger partial charge on any atom is 0.107 e. The third-order valence-corrected chi connectivity index (χ3v) is 233. The van der Waals surface area contributed by atoms with Crippen LogP contribution in [0.5, 0.6) is 0 Å². The maximum atomic E-state index is 4.83. The molecule has 0 spiro atoms. The van der Waals surface area contributed by atoms with Crippen LogP contribution >= 0.6 is 55.8 Å². The Hall–Kier alpha value is 21.9. The monoisotopic (exact) mass is 3800 g/mol. The van der Waals surface area contributed by atoms with E-state index in [0.717, 1.165) is 15.1 Å². The smallest absolute Gasteiger partial charge is 0.107 e. The van der Waals surface area contributed by atoms with Crippen molar-refractivity contribution in [3.05, 3.63) is 73.2 Å². The molecule has 3 aromatic heterocycles. The van der Waals surface area contributed by atoms with E-state index in [1.54, 1.807) is 151 Å². The largest absolute Gasteiger partial charge is 0.249 e. The molecule has 0 saturated carbocycles. The highest BCUT2D eigenvalue weighted by Crippen LogP contribution is 2.39. The summed E-state index contributed by atoms with van der Waals surface area (Å²) in [5, 5.41) is 3.09. The van der Waals surface area contributed by atoms with Gasteiger partial charge in [0.05, 0.1) is 0 Å². The van der Waals surface area contributed by atoms with Gasteiger partial charge >= 0.3 is 0 Å². The van der Waals surface area contributed by atoms with Gasteiger partial charge in [-0.05, 0) is 68.8 Å². The van der Waals surface area contributed by atoms with Crippen LogP contribution in [0.4, 0.5) is 0 Å². The summed E-state index contributed by atoms with van der Waals surface area (Å²) in [6, 6.07) is 17.7. The summed E-state index contributed by atoms with van der Waals surface area (Å²) >= 11 is 13.8. The quantitative estimate of drug-likeness (QED) is 0.201. The molecule has 3 nitrogen and oxygen atoms in total. The summed E-state index contributed by atoms with van der Waals surface area (Å²) in [5.41, 5.74) is 0. The van der Waals surface area contributed by atoms with Crippen molar-refractivity contribution in [1.29, 1.82) is 0 Å². The van der Waals surface area contributed by atoms with Crippen molar-refractivity contribution in [3.8, 4) is 0 Å². The van der Waals surface area contributed by atoms with E-state index in [1.165, 1.54) is 17.8 Å². The second-order valence-electron chi connectivity index (χ2n) is 15.0. The molecule has 3 rings (SSSR count). The van der Waals surface area contributed by atoms with Crippen molar-refractivity contribution in [2.24, 2.45) is 0 Å². The predicted molar refractivity (Wildman–Crippen MR) is 905 cm³/mol. The van der Waals surface area contributed by atoms with Crippen LogP contribution in [0.15, 0.2) is 88.3 Å². The maximum absolute atomic E-state index is 4.83. The molecule has 0 bridgehead atoms. The summed E-state index contributed by atoms with van der Waals surface area (Å²) in [6.45, 7) is 12.8. The van der Waals surface area contributed by atoms with Crippen LogP contribution in [0.25, 0.3) is 0 Å². The van der Waals surface area contributed by atoms with Crippen LogP contribution in [-0.2, 0) is 919 Å². The Balaban J connectivity index is 0.00000471. The fraction of sp³-hybridized carbons (Fsp3) is 0.348. The topological polar surface area (TPSA) is 38.7 Å². The minimum atomic E-state index is 0.194. The van der Waals surface area contributed by atoms with E-state index in [-0.39, 0.29) is 4.75 Å². The molecule has 3 aromatic rings. The third kappa shape index (κ3) is 146. The lowest BCUT2D eigenvalue weighted by Crippen LogP contribution is -2.04. The number of nitrogens with zero attached hydrogens (tertiary/aromatic N) is 3. The van der Waals surface area contributed by atoms with Crippen LogP contribution in [0, 0.1) is 0 Å². The molecule has 134 heavy (non-hydrogen) atoms. The fourth-order valence-electron chi connectivity index (χ4n) is 2.56. The van der Waals surface area contributed by atoms with Crippen molar-refractivity contribution in [2.75, 3.05) is 0 Å². The van der Waals surface area contributed by atoms with Gasteiger partial charge in [-0.25, -0.2) is 15.0 Å². The van der Waals surface area contributed by atoms with Crippen molar-refractivity contribution in [3.63, 3.8) is 0 Å². The molecule has 0 aliphatic heterocycles. The van der Waals surface area contributed by atoms with Crippen LogP contribution in [0.3, 0.4) is 0 Å². The lowest BCUT2D eigenvalue weighted by atomic mass is 10.3. The molecular weight excluding hydrogens is 3780 g/mol. The van der Waals surface area contributed by atoms with Gasteiger partial charge in [-0.3, -0.25) is 0 Å². The first-order valence-corrected chi connectivity index (χ1v) is 167. The molecule has 0 amide bonds. The fourth-order valence-corrected chi connectivity index (χ4v) is 278. The number of thiol groups is 1. The van der Waals surface area contributed by atoms with E-state index in [4.69, 9.17) is 22.4 Å². The number of rotatable bonds is 5. The van der Waals surface area contributed by atoms with E-state index >= 15 is 0 Å². The van der Waals surface area contributed by atoms with Gasteiger partial charge in [0.1, 0.15) is 15.1 Å². The molecule has 0 aliphatic rings. The number of hydrogen-bond donors (Lipinski definition) is 1. The van der Waals surface area contributed by atoms with Gasteiger partial charge in [0.2, 0.25) is 0 Å². The van der Waals surface area contributed by atoms with Gasteiger partial charge in [0.25, 0.3) is 0 Å². The molecule has 0 aliphatic carbocycles. The Labute approximate surface area is 1100 Å². The van der Waals surface area contributed by atoms with E-state index in [1.807, 2.05) is 844 Å². The highest BCUT2D eigenvalue weighted by Gasteiger charge is 2.11. The van der Waals surface area contributed by atoms with Crippen LogP contribution in [0.1, 0.15) is 41.5 Å². The number of pyridine rings is 3. The molecule has 0 fully saturated rings. The minimum absolute atomic E-state index is 0.194. The molecule has 0 N–H and O–H groups in total. The van der Waals surface area contributed by atoms with Crippen LogP contribution < -0.4 is 0 Å². The summed E-state index contributed by atoms with van der Waals surface area (Å²) in [4.78, 5) is 12.6. The second kappa shape index (κ2) is 138. The molecule has 0 unspecified atom stereocenters. The molecule has 0 aromatic carbocycles. The molecule has 111 heteroatoms. The van der Waals surface area contributed by atoms with E-state index in [2.05, 4.69) is 69.1 Å². The molecule has 786 valence electrons. The molecule has 0 saturated heterocycles. The zero-order valence-electron chi connectivity index (χ0n) is 60.9. The zero-order valence-corrected chi connectivity index (χ0v) is 149. The van der Waals surface area contributed by atoms with Crippen molar-refractivity contribution < 1.29 is 0 Å². The first-order chi connectivity index (χ1) is 65.9. The molecule has 0 radical (unpaired) electrons. The average Bonchev–Trinajstić information content (AvgIpc) is 0.934. The zero-order chi connectivity index (χ0) is 96.6. The van der Waals surface area contributed by atoms with Crippen molar-refractivity contribution in [2.45, 2.75) is 66.1 Å². The van der Waals surface area contributed by atoms with Gasteiger partial charge in [0, 0.05) is 947 Å². The Kier molecular flexibility index (Phi) is 161. The lowest BCUT2D eigenvalue weighted by Gasteiger charge is -2.15. The summed E-state index contributed by atoms with van der Waals surface area (Å²) in [6.07, 6.45) is 5.41. The van der Waals surface area contributed by atoms with Crippen molar-refractivity contribution >= 4 is 975 Å². The Morgan fingerprint density at radius 3 is 0.343 bits per heavy atom. The first-order valence-electron chi connectivity index (χ1n) is 26.7. The highest BCUT2D eigenvalue weighted by atomic mass is 33.6. The molecule has 0 atom stereocenters. The standard InChI is InChI=1S/C10H8N2S2.C9H13NS2.C4H10S.S103/c1-3-7-11-9(5-1)13-14-10-6-2-4-8-12-10;1-9(2,3)12-11-8-6-4-5-7-10-8;1-4(2,3)5;1-3-5-7-9-11-13-15-17-19-21-23-25-27-29-31-33-35-37-39-41-43-45-47-49-51-53-55-57-59-61-63-65-67-69-71-73-75-77-79-81-83-85-87-89-91-93-95-97-99-101-103-102-100-98-96-94-92-90-88-86-84-82-80-78-76-74-72-70-68-66-64-62-60-58-56-54-52-50-48-46-44-42-40-38-36-34-32-30-28-26-24-22-20-18-16-14-12-10-8-6-4-2/h1-8H;4-7H,1-3H3;5H,1-3H3;. The Bertz CT molecular complexity index is 9240. The highest BCUT2D eigenvalue weighted by molar-refractivity contribution is 8.88. The number of aromatic nitrogens is 3. The molecular formula is C23H31N3S108. The van der Waals surface area contributed by atoms with E-state index in [0.29, 0.717) is 4.75 Å². The second-order valence-corrected chi connectivity index (χ2v) is 200. The van der Waals surface area contributed by atoms with Gasteiger partial charge in [0.15, 0.2) is 0 Å². The summed E-state index contributed by atoms with van der Waals surface area (Å²) in [7, 11) is 190. The van der Waals surface area contributed by atoms with Gasteiger partial charge in [-0.15, -0.1) is 0 Å². The third-order valence-electron chi connectivity index (χ3n) is 5.28. The lowest BCUT2D eigenvalue weighted by molar-refractivity contribution is 0.810. The summed E-state index contributed by atoms with van der Waals surface area (Å²) in [5.74, 6) is 0. The van der Waals surface area contributed by atoms with E-state index < -0.39 is 0 Å². The normalized spacial score (nSPS) is 8.59. The van der Waals surface area contributed by atoms with Crippen molar-refractivity contribution in [1.82, 2.24) is 15.0 Å². The molecule has 3 heterocycles. The van der Waals surface area contributed by atoms with Crippen LogP contribution in [-0.4, -0.2) is 24.4 Å².